The van der Waals surface area contributed by atoms with Crippen molar-refractivity contribution in [3.8, 4) is 0 Å². The Balaban J connectivity index is 1.56. The van der Waals surface area contributed by atoms with Crippen LogP contribution in [-0.2, 0) is 19.6 Å². The molecule has 0 fully saturated rings. The number of aromatic nitrogens is 2. The average molecular weight is 431 g/mol. The summed E-state index contributed by atoms with van der Waals surface area (Å²) in [6, 6.07) is 20.3. The number of fused-ring (bicyclic) bond motifs is 1. The van der Waals surface area contributed by atoms with E-state index >= 15 is 0 Å². The van der Waals surface area contributed by atoms with E-state index in [1.807, 2.05) is 31.2 Å². The van der Waals surface area contributed by atoms with Gasteiger partial charge in [0.05, 0.1) is 17.6 Å². The quantitative estimate of drug-likeness (QED) is 0.476. The number of para-hydroxylation sites is 2. The monoisotopic (exact) mass is 431 g/mol. The maximum absolute atomic E-state index is 13.7. The molecule has 1 N–H and O–H groups in total. The fraction of sp³-hybridized carbons (Fsp3) is 0.160. The summed E-state index contributed by atoms with van der Waals surface area (Å²) in [5, 5.41) is 2.70. The minimum absolute atomic E-state index is 0.0857. The minimum atomic E-state index is -0.586. The van der Waals surface area contributed by atoms with E-state index in [4.69, 9.17) is 0 Å². The number of carbonyl (C=O) groups excluding carboxylic acids is 1. The predicted octanol–water partition coefficient (Wildman–Crippen LogP) is 3.30. The lowest BCUT2D eigenvalue weighted by atomic mass is 10.1. The molecule has 32 heavy (non-hydrogen) atoms. The number of hydrogen-bond acceptors (Lipinski definition) is 3. The van der Waals surface area contributed by atoms with Gasteiger partial charge in [0.1, 0.15) is 5.82 Å². The van der Waals surface area contributed by atoms with E-state index in [0.29, 0.717) is 28.7 Å². The largest absolute Gasteiger partial charge is 0.348 e. The van der Waals surface area contributed by atoms with Gasteiger partial charge in [-0.25, -0.2) is 4.39 Å². The summed E-state index contributed by atoms with van der Waals surface area (Å²) >= 11 is 0. The number of amides is 1. The fourth-order valence-corrected chi connectivity index (χ4v) is 3.70. The van der Waals surface area contributed by atoms with Crippen molar-refractivity contribution in [2.24, 2.45) is 0 Å². The Kier molecular flexibility index (Phi) is 5.98. The van der Waals surface area contributed by atoms with Gasteiger partial charge in [-0.2, -0.15) is 0 Å². The van der Waals surface area contributed by atoms with Crippen LogP contribution in [0.2, 0.25) is 0 Å². The first kappa shape index (κ1) is 21.2. The van der Waals surface area contributed by atoms with Gasteiger partial charge in [0, 0.05) is 24.2 Å². The number of carbonyl (C=O) groups is 1. The highest BCUT2D eigenvalue weighted by Gasteiger charge is 2.13. The molecular formula is C25H22FN3O3. The average Bonchev–Trinajstić information content (AvgIpc) is 2.82. The Morgan fingerprint density at radius 3 is 2.09 bits per heavy atom. The van der Waals surface area contributed by atoms with E-state index in [9.17, 15) is 18.8 Å². The first-order valence-electron chi connectivity index (χ1n) is 10.3. The molecule has 7 heteroatoms. The molecule has 0 unspecified atom stereocenters. The maximum Gasteiger partial charge on any atom is 0.317 e. The van der Waals surface area contributed by atoms with Crippen molar-refractivity contribution in [2.45, 2.75) is 26.6 Å². The fourth-order valence-electron chi connectivity index (χ4n) is 3.70. The molecule has 4 rings (SSSR count). The Labute approximate surface area is 183 Å². The molecule has 0 radical (unpaired) electrons. The van der Waals surface area contributed by atoms with Gasteiger partial charge < -0.3 is 9.88 Å². The van der Waals surface area contributed by atoms with Gasteiger partial charge in [-0.15, -0.1) is 0 Å². The smallest absolute Gasteiger partial charge is 0.317 e. The predicted molar refractivity (Wildman–Crippen MR) is 121 cm³/mol. The number of hydrogen-bond donors (Lipinski definition) is 1. The van der Waals surface area contributed by atoms with Gasteiger partial charge in [0.2, 0.25) is 0 Å². The molecule has 1 amide bonds. The second-order valence-corrected chi connectivity index (χ2v) is 7.40. The lowest BCUT2D eigenvalue weighted by Crippen LogP contribution is -2.41. The summed E-state index contributed by atoms with van der Waals surface area (Å²) in [6.45, 7) is 2.53. The summed E-state index contributed by atoms with van der Waals surface area (Å²) < 4.78 is 16.6. The SMILES string of the molecule is CCn1c(=O)c(=O)n(Cc2ccc(C(=O)NCc3ccccc3F)cc2)c2ccccc21. The Hall–Kier alpha value is -4.00. The highest BCUT2D eigenvalue weighted by molar-refractivity contribution is 5.94. The number of nitrogens with one attached hydrogen (secondary N) is 1. The topological polar surface area (TPSA) is 73.1 Å². The van der Waals surface area contributed by atoms with Gasteiger partial charge in [0.25, 0.3) is 5.91 Å². The Morgan fingerprint density at radius 1 is 0.844 bits per heavy atom. The summed E-state index contributed by atoms with van der Waals surface area (Å²) in [6.07, 6.45) is 0. The highest BCUT2D eigenvalue weighted by Crippen LogP contribution is 2.13. The van der Waals surface area contributed by atoms with Crippen LogP contribution in [0.3, 0.4) is 0 Å². The molecular weight excluding hydrogens is 409 g/mol. The summed E-state index contributed by atoms with van der Waals surface area (Å²) in [5.74, 6) is -0.696. The van der Waals surface area contributed by atoms with E-state index in [-0.39, 0.29) is 24.8 Å². The van der Waals surface area contributed by atoms with Gasteiger partial charge >= 0.3 is 11.1 Å². The van der Waals surface area contributed by atoms with Crippen LogP contribution in [0.25, 0.3) is 11.0 Å². The first-order chi connectivity index (χ1) is 15.5. The Bertz CT molecular complexity index is 1400. The molecule has 4 aromatic rings. The number of rotatable bonds is 6. The summed E-state index contributed by atoms with van der Waals surface area (Å²) in [7, 11) is 0. The van der Waals surface area contributed by atoms with Crippen LogP contribution in [0.5, 0.6) is 0 Å². The number of aryl methyl sites for hydroxylation is 1. The summed E-state index contributed by atoms with van der Waals surface area (Å²) in [4.78, 5) is 37.7. The molecule has 6 nitrogen and oxygen atoms in total. The molecule has 0 spiro atoms. The zero-order chi connectivity index (χ0) is 22.7. The first-order valence-corrected chi connectivity index (χ1v) is 10.3. The van der Waals surface area contributed by atoms with Crippen molar-refractivity contribution in [3.63, 3.8) is 0 Å². The van der Waals surface area contributed by atoms with Crippen LogP contribution >= 0.6 is 0 Å². The van der Waals surface area contributed by atoms with Crippen LogP contribution in [0.1, 0.15) is 28.4 Å². The summed E-state index contributed by atoms with van der Waals surface area (Å²) in [5.41, 5.74) is 1.83. The zero-order valence-corrected chi connectivity index (χ0v) is 17.5. The third kappa shape index (κ3) is 4.09. The van der Waals surface area contributed by atoms with E-state index in [1.54, 1.807) is 42.5 Å². The zero-order valence-electron chi connectivity index (χ0n) is 17.5. The molecule has 0 saturated carbocycles. The van der Waals surface area contributed by atoms with Gasteiger partial charge in [0.15, 0.2) is 0 Å². The van der Waals surface area contributed by atoms with Crippen molar-refractivity contribution in [3.05, 3.63) is 116 Å². The number of nitrogens with zero attached hydrogens (tertiary/aromatic N) is 2. The lowest BCUT2D eigenvalue weighted by Gasteiger charge is -2.14. The molecule has 1 aromatic heterocycles. The van der Waals surface area contributed by atoms with Crippen molar-refractivity contribution in [1.82, 2.24) is 14.5 Å². The third-order valence-corrected chi connectivity index (χ3v) is 5.41. The second-order valence-electron chi connectivity index (χ2n) is 7.40. The molecule has 162 valence electrons. The molecule has 0 bridgehead atoms. The van der Waals surface area contributed by atoms with Gasteiger partial charge in [-0.1, -0.05) is 42.5 Å². The van der Waals surface area contributed by atoms with E-state index < -0.39 is 11.1 Å². The Morgan fingerprint density at radius 2 is 1.44 bits per heavy atom. The molecule has 0 atom stereocenters. The van der Waals surface area contributed by atoms with Crippen LogP contribution in [0.15, 0.2) is 82.4 Å². The van der Waals surface area contributed by atoms with E-state index in [2.05, 4.69) is 5.32 Å². The third-order valence-electron chi connectivity index (χ3n) is 5.41. The van der Waals surface area contributed by atoms with Gasteiger partial charge in [-0.05, 0) is 42.8 Å². The van der Waals surface area contributed by atoms with E-state index in [0.717, 1.165) is 5.56 Å². The van der Waals surface area contributed by atoms with E-state index in [1.165, 1.54) is 15.2 Å². The van der Waals surface area contributed by atoms with Crippen LogP contribution in [-0.4, -0.2) is 15.0 Å². The van der Waals surface area contributed by atoms with Crippen molar-refractivity contribution in [2.75, 3.05) is 0 Å². The van der Waals surface area contributed by atoms with Crippen LogP contribution < -0.4 is 16.4 Å². The number of halogens is 1. The molecule has 3 aromatic carbocycles. The van der Waals surface area contributed by atoms with Gasteiger partial charge in [-0.3, -0.25) is 19.0 Å². The number of benzene rings is 3. The van der Waals surface area contributed by atoms with Crippen molar-refractivity contribution in [1.29, 1.82) is 0 Å². The van der Waals surface area contributed by atoms with Crippen molar-refractivity contribution >= 4 is 16.9 Å². The maximum atomic E-state index is 13.7. The second kappa shape index (κ2) is 9.01. The molecule has 0 saturated heterocycles. The molecule has 0 aliphatic heterocycles. The highest BCUT2D eigenvalue weighted by atomic mass is 19.1. The van der Waals surface area contributed by atoms with Crippen LogP contribution in [0, 0.1) is 5.82 Å². The lowest BCUT2D eigenvalue weighted by molar-refractivity contribution is 0.0950. The molecule has 0 aliphatic rings. The molecule has 1 heterocycles. The minimum Gasteiger partial charge on any atom is -0.348 e. The van der Waals surface area contributed by atoms with Crippen LogP contribution in [0.4, 0.5) is 4.39 Å². The molecule has 0 aliphatic carbocycles. The normalized spacial score (nSPS) is 10.9. The van der Waals surface area contributed by atoms with Crippen molar-refractivity contribution < 1.29 is 9.18 Å². The standard InChI is InChI=1S/C25H22FN3O3/c1-2-28-21-9-5-6-10-22(21)29(25(32)24(28)31)16-17-11-13-18(14-12-17)23(30)27-15-19-7-3-4-8-20(19)26/h3-14H,2,15-16H2,1H3,(H,27,30).